The number of hydrogen-bond acceptors (Lipinski definition) is 8. The summed E-state index contributed by atoms with van der Waals surface area (Å²) in [6.07, 6.45) is 4.26. The number of amides is 1. The van der Waals surface area contributed by atoms with Gasteiger partial charge in [0.1, 0.15) is 11.1 Å². The van der Waals surface area contributed by atoms with Crippen molar-refractivity contribution in [1.82, 2.24) is 10.2 Å². The van der Waals surface area contributed by atoms with Gasteiger partial charge in [-0.25, -0.2) is 0 Å². The third-order valence-electron chi connectivity index (χ3n) is 6.94. The molecule has 8 nitrogen and oxygen atoms in total. The molecule has 3 atom stereocenters. The fraction of sp³-hybridized carbons (Fsp3) is 0.538. The molecule has 1 aromatic heterocycles. The molecule has 3 aliphatic rings. The molecule has 0 saturated heterocycles. The molecular weight excluding hydrogens is 466 g/mol. The zero-order valence-electron chi connectivity index (χ0n) is 20.6. The van der Waals surface area contributed by atoms with Gasteiger partial charge in [-0.1, -0.05) is 37.7 Å². The quantitative estimate of drug-likeness (QED) is 0.544. The van der Waals surface area contributed by atoms with E-state index in [4.69, 9.17) is 14.2 Å². The first-order chi connectivity index (χ1) is 16.9. The number of carbonyl (C=O) groups excluding carboxylic acids is 2. The van der Waals surface area contributed by atoms with Crippen LogP contribution in [0.4, 0.5) is 5.13 Å². The van der Waals surface area contributed by atoms with Crippen LogP contribution in [0.1, 0.15) is 62.6 Å². The number of aryl methyl sites for hydroxylation is 1. The third-order valence-corrected chi connectivity index (χ3v) is 7.78. The first kappa shape index (κ1) is 23.8. The van der Waals surface area contributed by atoms with Gasteiger partial charge in [0.25, 0.3) is 5.91 Å². The van der Waals surface area contributed by atoms with Gasteiger partial charge in [-0.3, -0.25) is 14.5 Å². The number of carbonyl (C=O) groups is 2. The Labute approximate surface area is 209 Å². The summed E-state index contributed by atoms with van der Waals surface area (Å²) in [5.41, 5.74) is 1.16. The van der Waals surface area contributed by atoms with Gasteiger partial charge in [-0.15, -0.1) is 10.2 Å². The number of benzene rings is 1. The molecular formula is C26H31N3O5S. The van der Waals surface area contributed by atoms with Gasteiger partial charge in [-0.05, 0) is 56.2 Å². The summed E-state index contributed by atoms with van der Waals surface area (Å²) >= 11 is 1.32. The van der Waals surface area contributed by atoms with E-state index >= 15 is 0 Å². The highest BCUT2D eigenvalue weighted by molar-refractivity contribution is 7.15. The van der Waals surface area contributed by atoms with Crippen molar-refractivity contribution >= 4 is 28.2 Å². The molecule has 186 valence electrons. The fourth-order valence-corrected chi connectivity index (χ4v) is 5.83. The molecule has 0 bridgehead atoms. The second-order valence-corrected chi connectivity index (χ2v) is 10.9. The summed E-state index contributed by atoms with van der Waals surface area (Å²) in [4.78, 5) is 29.0. The van der Waals surface area contributed by atoms with Crippen molar-refractivity contribution in [2.75, 3.05) is 18.6 Å². The molecule has 2 aromatic rings. The Balaban J connectivity index is 1.56. The molecule has 1 aromatic carbocycles. The fourth-order valence-electron chi connectivity index (χ4n) is 5.12. The van der Waals surface area contributed by atoms with Crippen LogP contribution in [-0.2, 0) is 14.3 Å². The molecule has 0 N–H and O–H groups in total. The van der Waals surface area contributed by atoms with E-state index in [1.54, 1.807) is 12.0 Å². The number of methoxy groups -OCH3 is 1. The van der Waals surface area contributed by atoms with Crippen LogP contribution in [0.3, 0.4) is 0 Å². The number of hydrogen-bond donors (Lipinski definition) is 0. The normalized spacial score (nSPS) is 23.9. The van der Waals surface area contributed by atoms with Crippen molar-refractivity contribution in [2.24, 2.45) is 11.8 Å². The minimum atomic E-state index is -0.654. The Morgan fingerprint density at radius 3 is 2.69 bits per heavy atom. The summed E-state index contributed by atoms with van der Waals surface area (Å²) < 4.78 is 17.8. The first-order valence-corrected chi connectivity index (χ1v) is 13.1. The van der Waals surface area contributed by atoms with E-state index < -0.39 is 6.04 Å². The summed E-state index contributed by atoms with van der Waals surface area (Å²) in [6, 6.07) is 4.93. The largest absolute Gasteiger partial charge is 0.493 e. The predicted octanol–water partition coefficient (Wildman–Crippen LogP) is 4.78. The van der Waals surface area contributed by atoms with Crippen LogP contribution in [0.25, 0.3) is 0 Å². The number of nitrogens with zero attached hydrogens (tertiary/aromatic N) is 3. The lowest BCUT2D eigenvalue weighted by molar-refractivity contribution is -0.131. The van der Waals surface area contributed by atoms with Crippen molar-refractivity contribution in [3.05, 3.63) is 40.1 Å². The summed E-state index contributed by atoms with van der Waals surface area (Å²) in [6.45, 7) is 6.72. The highest BCUT2D eigenvalue weighted by Gasteiger charge is 2.53. The highest BCUT2D eigenvalue weighted by Crippen LogP contribution is 2.49. The Kier molecular flexibility index (Phi) is 6.53. The smallest absolute Gasteiger partial charge is 0.296 e. The molecule has 0 spiro atoms. The maximum absolute atomic E-state index is 13.8. The van der Waals surface area contributed by atoms with Gasteiger partial charge in [0, 0.05) is 0 Å². The summed E-state index contributed by atoms with van der Waals surface area (Å²) in [5, 5.41) is 9.54. The van der Waals surface area contributed by atoms with Gasteiger partial charge in [0.2, 0.25) is 5.13 Å². The maximum Gasteiger partial charge on any atom is 0.296 e. The van der Waals surface area contributed by atoms with Crippen LogP contribution in [-0.4, -0.2) is 41.7 Å². The van der Waals surface area contributed by atoms with Crippen molar-refractivity contribution < 1.29 is 23.8 Å². The summed E-state index contributed by atoms with van der Waals surface area (Å²) in [5.74, 6) is 1.33. The third kappa shape index (κ3) is 4.30. The lowest BCUT2D eigenvalue weighted by atomic mass is 9.77. The number of anilines is 1. The predicted molar refractivity (Wildman–Crippen MR) is 132 cm³/mol. The Morgan fingerprint density at radius 1 is 1.17 bits per heavy atom. The molecule has 35 heavy (non-hydrogen) atoms. The average Bonchev–Trinajstić information content (AvgIpc) is 3.40. The molecule has 5 rings (SSSR count). The minimum absolute atomic E-state index is 0.00858. The first-order valence-electron chi connectivity index (χ1n) is 12.3. The number of fused-ring (bicyclic) bond motifs is 1. The number of Topliss-reactive ketones (excluding diaryl/α,β-unsaturated/α-hetero) is 1. The monoisotopic (exact) mass is 497 g/mol. The van der Waals surface area contributed by atoms with Crippen LogP contribution < -0.4 is 14.4 Å². The Bertz CT molecular complexity index is 1170. The van der Waals surface area contributed by atoms with Gasteiger partial charge in [-0.2, -0.15) is 0 Å². The Morgan fingerprint density at radius 2 is 1.97 bits per heavy atom. The highest BCUT2D eigenvalue weighted by atomic mass is 32.1. The average molecular weight is 498 g/mol. The van der Waals surface area contributed by atoms with E-state index in [9.17, 15) is 9.59 Å². The summed E-state index contributed by atoms with van der Waals surface area (Å²) in [7, 11) is 1.59. The molecule has 2 aliphatic heterocycles. The van der Waals surface area contributed by atoms with E-state index in [-0.39, 0.29) is 29.5 Å². The van der Waals surface area contributed by atoms with E-state index in [1.807, 2.05) is 25.1 Å². The van der Waals surface area contributed by atoms with Gasteiger partial charge >= 0.3 is 0 Å². The number of rotatable bonds is 7. The number of ketones is 1. The standard InChI is InChI=1S/C26H31N3O5S/c1-14(2)11-12-33-19-10-9-16(13-20(19)32-4)22-21-23(30)17-7-5-6-8-18(17)34-24(21)25(31)29(22)26-28-27-15(3)35-26/h9-10,13-14,17-18,22H,5-8,11-12H2,1-4H3. The van der Waals surface area contributed by atoms with E-state index in [0.717, 1.165) is 42.7 Å². The lowest BCUT2D eigenvalue weighted by Gasteiger charge is -2.35. The van der Waals surface area contributed by atoms with Crippen LogP contribution in [0.2, 0.25) is 0 Å². The molecule has 1 fully saturated rings. The van der Waals surface area contributed by atoms with Crippen molar-refractivity contribution in [1.29, 1.82) is 0 Å². The molecule has 1 saturated carbocycles. The van der Waals surface area contributed by atoms with Crippen LogP contribution >= 0.6 is 11.3 Å². The SMILES string of the molecule is COc1cc(C2C3=C(OC4CCCCC4C3=O)C(=O)N2c2nnc(C)s2)ccc1OCCC(C)C. The lowest BCUT2D eigenvalue weighted by Crippen LogP contribution is -2.39. The molecule has 3 heterocycles. The van der Waals surface area contributed by atoms with E-state index in [0.29, 0.717) is 34.7 Å². The van der Waals surface area contributed by atoms with Crippen molar-refractivity contribution in [3.8, 4) is 11.5 Å². The molecule has 1 aliphatic carbocycles. The zero-order chi connectivity index (χ0) is 24.7. The van der Waals surface area contributed by atoms with Crippen LogP contribution in [0, 0.1) is 18.8 Å². The van der Waals surface area contributed by atoms with Crippen molar-refractivity contribution in [3.63, 3.8) is 0 Å². The van der Waals surface area contributed by atoms with Gasteiger partial charge < -0.3 is 14.2 Å². The van der Waals surface area contributed by atoms with Crippen molar-refractivity contribution in [2.45, 2.75) is 65.0 Å². The van der Waals surface area contributed by atoms with Gasteiger partial charge in [0.15, 0.2) is 23.0 Å². The molecule has 1 amide bonds. The molecule has 0 radical (unpaired) electrons. The second kappa shape index (κ2) is 9.60. The second-order valence-electron chi connectivity index (χ2n) is 9.78. The molecule has 3 unspecified atom stereocenters. The minimum Gasteiger partial charge on any atom is -0.493 e. The Hall–Kier alpha value is -2.94. The number of ether oxygens (including phenoxy) is 3. The molecule has 9 heteroatoms. The topological polar surface area (TPSA) is 90.9 Å². The van der Waals surface area contributed by atoms with E-state index in [2.05, 4.69) is 24.0 Å². The number of aromatic nitrogens is 2. The maximum atomic E-state index is 13.8. The zero-order valence-corrected chi connectivity index (χ0v) is 21.4. The van der Waals surface area contributed by atoms with Crippen LogP contribution in [0.15, 0.2) is 29.5 Å². The van der Waals surface area contributed by atoms with E-state index in [1.165, 1.54) is 11.3 Å². The van der Waals surface area contributed by atoms with Crippen LogP contribution in [0.5, 0.6) is 11.5 Å². The van der Waals surface area contributed by atoms with Gasteiger partial charge in [0.05, 0.1) is 31.2 Å².